The highest BCUT2D eigenvalue weighted by Gasteiger charge is 2.41. The summed E-state index contributed by atoms with van der Waals surface area (Å²) in [7, 11) is -1.25. The van der Waals surface area contributed by atoms with Gasteiger partial charge in [-0.25, -0.2) is 0 Å². The molecule has 7 heteroatoms. The summed E-state index contributed by atoms with van der Waals surface area (Å²) >= 11 is 0. The highest BCUT2D eigenvalue weighted by molar-refractivity contribution is 7.54. The molecule has 1 aliphatic rings. The summed E-state index contributed by atoms with van der Waals surface area (Å²) in [6.45, 7) is 7.73. The van der Waals surface area contributed by atoms with Gasteiger partial charge in [-0.3, -0.25) is 9.46 Å². The van der Waals surface area contributed by atoms with Crippen LogP contribution < -0.4 is 0 Å². The van der Waals surface area contributed by atoms with Crippen LogP contribution in [0.25, 0.3) is 0 Å². The summed E-state index contributed by atoms with van der Waals surface area (Å²) in [5, 5.41) is 9.54. The van der Waals surface area contributed by atoms with Crippen LogP contribution in [-0.2, 0) is 13.6 Å². The molecule has 130 valence electrons. The largest absolute Gasteiger partial charge is 0.508 e. The summed E-state index contributed by atoms with van der Waals surface area (Å²) in [5.41, 5.74) is 0.845. The predicted octanol–water partition coefficient (Wildman–Crippen LogP) is 2.90. The number of hydrogen-bond donors (Lipinski definition) is 1. The van der Waals surface area contributed by atoms with Gasteiger partial charge in [-0.05, 0) is 38.6 Å². The van der Waals surface area contributed by atoms with E-state index in [0.29, 0.717) is 13.2 Å². The molecule has 0 radical (unpaired) electrons. The number of hydrogen-bond acceptors (Lipinski definition) is 6. The molecule has 1 heterocycles. The van der Waals surface area contributed by atoms with Gasteiger partial charge in [0.25, 0.3) is 0 Å². The van der Waals surface area contributed by atoms with Gasteiger partial charge in [-0.1, -0.05) is 12.1 Å². The summed E-state index contributed by atoms with van der Waals surface area (Å²) in [5.74, 6) is -0.259. The highest BCUT2D eigenvalue weighted by Crippen LogP contribution is 2.62. The van der Waals surface area contributed by atoms with Crippen molar-refractivity contribution in [1.29, 1.82) is 0 Å². The lowest BCUT2D eigenvalue weighted by Gasteiger charge is -2.40. The van der Waals surface area contributed by atoms with Crippen LogP contribution in [0.15, 0.2) is 24.3 Å². The van der Waals surface area contributed by atoms with Gasteiger partial charge >= 0.3 is 7.60 Å². The third-order valence-corrected chi connectivity index (χ3v) is 6.45. The molecule has 23 heavy (non-hydrogen) atoms. The molecule has 6 nitrogen and oxygen atoms in total. The van der Waals surface area contributed by atoms with Gasteiger partial charge in [0.2, 0.25) is 0 Å². The standard InChI is InChI=1S/C16H27N2O4P/c1-4-21-23(20,22-5-2)16(14-6-8-15(19)9-7-14)18-12-10-17(3)11-13-18/h6-9,16,19H,4-5,10-13H2,1-3H3. The fourth-order valence-electron chi connectivity index (χ4n) is 2.84. The van der Waals surface area contributed by atoms with Gasteiger partial charge in [-0.2, -0.15) is 0 Å². The average molecular weight is 342 g/mol. The molecule has 0 amide bonds. The molecular weight excluding hydrogens is 315 g/mol. The molecule has 1 aromatic carbocycles. The molecule has 1 atom stereocenters. The number of likely N-dealkylation sites (N-methyl/N-ethyl adjacent to an activating group) is 1. The summed E-state index contributed by atoms with van der Waals surface area (Å²) < 4.78 is 24.6. The number of phenols is 1. The lowest BCUT2D eigenvalue weighted by molar-refractivity contribution is 0.113. The first-order chi connectivity index (χ1) is 11.0. The molecule has 1 aliphatic heterocycles. The van der Waals surface area contributed by atoms with Crippen LogP contribution >= 0.6 is 7.60 Å². The first kappa shape index (κ1) is 18.4. The molecule has 0 aliphatic carbocycles. The minimum Gasteiger partial charge on any atom is -0.508 e. The zero-order valence-electron chi connectivity index (χ0n) is 14.1. The number of aromatic hydroxyl groups is 1. The van der Waals surface area contributed by atoms with Gasteiger partial charge < -0.3 is 19.1 Å². The van der Waals surface area contributed by atoms with Crippen LogP contribution in [0.3, 0.4) is 0 Å². The number of nitrogens with zero attached hydrogens (tertiary/aromatic N) is 2. The highest BCUT2D eigenvalue weighted by atomic mass is 31.2. The Bertz CT molecular complexity index is 519. The Hall–Kier alpha value is -0.910. The molecule has 0 saturated carbocycles. The first-order valence-corrected chi connectivity index (χ1v) is 9.71. The fourth-order valence-corrected chi connectivity index (χ4v) is 5.09. The third-order valence-electron chi connectivity index (χ3n) is 3.99. The van der Waals surface area contributed by atoms with E-state index in [0.717, 1.165) is 31.7 Å². The minimum atomic E-state index is -3.33. The SMILES string of the molecule is CCOP(=O)(OCC)C(c1ccc(O)cc1)N1CCN(C)CC1. The van der Waals surface area contributed by atoms with Crippen LogP contribution in [0.2, 0.25) is 0 Å². The van der Waals surface area contributed by atoms with E-state index in [9.17, 15) is 9.67 Å². The van der Waals surface area contributed by atoms with Crippen molar-refractivity contribution in [2.45, 2.75) is 19.6 Å². The summed E-state index contributed by atoms with van der Waals surface area (Å²) in [6, 6.07) is 6.81. The monoisotopic (exact) mass is 342 g/mol. The Balaban J connectivity index is 2.37. The van der Waals surface area contributed by atoms with Gasteiger partial charge in [0.1, 0.15) is 11.5 Å². The van der Waals surface area contributed by atoms with Gasteiger partial charge in [0.15, 0.2) is 0 Å². The van der Waals surface area contributed by atoms with Crippen molar-refractivity contribution < 1.29 is 18.7 Å². The van der Waals surface area contributed by atoms with E-state index in [1.165, 1.54) is 0 Å². The molecule has 1 saturated heterocycles. The van der Waals surface area contributed by atoms with Crippen molar-refractivity contribution >= 4 is 7.60 Å². The number of piperazine rings is 1. The van der Waals surface area contributed by atoms with E-state index < -0.39 is 13.4 Å². The smallest absolute Gasteiger partial charge is 0.352 e. The molecule has 0 spiro atoms. The lowest BCUT2D eigenvalue weighted by Crippen LogP contribution is -2.46. The van der Waals surface area contributed by atoms with E-state index >= 15 is 0 Å². The third kappa shape index (κ3) is 4.55. The lowest BCUT2D eigenvalue weighted by atomic mass is 10.2. The van der Waals surface area contributed by atoms with E-state index in [2.05, 4.69) is 16.8 Å². The van der Waals surface area contributed by atoms with Crippen LogP contribution in [0.4, 0.5) is 0 Å². The fraction of sp³-hybridized carbons (Fsp3) is 0.625. The van der Waals surface area contributed by atoms with Crippen LogP contribution in [0.1, 0.15) is 25.2 Å². The molecule has 0 aromatic heterocycles. The Labute approximate surface area is 138 Å². The second kappa shape index (κ2) is 8.27. The van der Waals surface area contributed by atoms with E-state index in [1.807, 2.05) is 13.8 Å². The van der Waals surface area contributed by atoms with Gasteiger partial charge in [0, 0.05) is 26.2 Å². The second-order valence-corrected chi connectivity index (χ2v) is 7.77. The molecule has 2 rings (SSSR count). The van der Waals surface area contributed by atoms with Crippen molar-refractivity contribution in [2.75, 3.05) is 46.4 Å². The normalized spacial score (nSPS) is 18.9. The zero-order chi connectivity index (χ0) is 16.9. The Kier molecular flexibility index (Phi) is 6.62. The van der Waals surface area contributed by atoms with E-state index in [4.69, 9.17) is 9.05 Å². The zero-order valence-corrected chi connectivity index (χ0v) is 15.0. The number of rotatable bonds is 7. The number of benzene rings is 1. The summed E-state index contributed by atoms with van der Waals surface area (Å²) in [4.78, 5) is 4.41. The predicted molar refractivity (Wildman–Crippen MR) is 90.8 cm³/mol. The first-order valence-electron chi connectivity index (χ1n) is 8.10. The molecule has 0 bridgehead atoms. The maximum absolute atomic E-state index is 13.4. The van der Waals surface area contributed by atoms with Crippen LogP contribution in [0, 0.1) is 0 Å². The van der Waals surface area contributed by atoms with Crippen LogP contribution in [-0.4, -0.2) is 61.3 Å². The van der Waals surface area contributed by atoms with Crippen molar-refractivity contribution in [3.8, 4) is 5.75 Å². The molecule has 1 aromatic rings. The molecule has 1 N–H and O–H groups in total. The minimum absolute atomic E-state index is 0.188. The van der Waals surface area contributed by atoms with Crippen molar-refractivity contribution in [3.63, 3.8) is 0 Å². The molecule has 1 fully saturated rings. The van der Waals surface area contributed by atoms with Crippen molar-refractivity contribution in [1.82, 2.24) is 9.80 Å². The maximum atomic E-state index is 13.4. The quantitative estimate of drug-likeness (QED) is 0.769. The van der Waals surface area contributed by atoms with Gasteiger partial charge in [0.05, 0.1) is 13.2 Å². The summed E-state index contributed by atoms with van der Waals surface area (Å²) in [6.07, 6.45) is 0. The molecule has 1 unspecified atom stereocenters. The van der Waals surface area contributed by atoms with Crippen molar-refractivity contribution in [2.24, 2.45) is 0 Å². The van der Waals surface area contributed by atoms with E-state index in [-0.39, 0.29) is 5.75 Å². The van der Waals surface area contributed by atoms with Gasteiger partial charge in [-0.15, -0.1) is 0 Å². The van der Waals surface area contributed by atoms with Crippen LogP contribution in [0.5, 0.6) is 5.75 Å². The average Bonchev–Trinajstić information content (AvgIpc) is 2.52. The maximum Gasteiger partial charge on any atom is 0.352 e. The number of phenolic OH excluding ortho intramolecular Hbond substituents is 1. The van der Waals surface area contributed by atoms with E-state index in [1.54, 1.807) is 24.3 Å². The van der Waals surface area contributed by atoms with Crippen molar-refractivity contribution in [3.05, 3.63) is 29.8 Å². The topological polar surface area (TPSA) is 62.2 Å². The second-order valence-electron chi connectivity index (χ2n) is 5.68. The Morgan fingerprint density at radius 2 is 1.61 bits per heavy atom. The molecular formula is C16H27N2O4P. The Morgan fingerprint density at radius 1 is 1.09 bits per heavy atom. The Morgan fingerprint density at radius 3 is 2.09 bits per heavy atom.